The number of aliphatic carboxylic acids is 1. The number of nitrogens with zero attached hydrogens (tertiary/aromatic N) is 3. The zero-order valence-corrected chi connectivity index (χ0v) is 17.0. The maximum atomic E-state index is 12.4. The molecule has 160 valence electrons. The van der Waals surface area contributed by atoms with E-state index in [1.54, 1.807) is 31.3 Å². The summed E-state index contributed by atoms with van der Waals surface area (Å²) in [5.41, 5.74) is 1.23. The van der Waals surface area contributed by atoms with Crippen LogP contribution in [0.5, 0.6) is 11.8 Å². The fourth-order valence-electron chi connectivity index (χ4n) is 2.95. The molecule has 3 aromatic rings. The van der Waals surface area contributed by atoms with Crippen LogP contribution in [-0.4, -0.2) is 50.9 Å². The molecule has 0 aliphatic rings. The number of rotatable bonds is 11. The molecule has 3 N–H and O–H groups in total. The van der Waals surface area contributed by atoms with Crippen molar-refractivity contribution >= 4 is 23.0 Å². The van der Waals surface area contributed by atoms with Crippen LogP contribution in [0.3, 0.4) is 0 Å². The Balaban J connectivity index is 1.77. The van der Waals surface area contributed by atoms with Gasteiger partial charge in [0.05, 0.1) is 19.6 Å². The van der Waals surface area contributed by atoms with Crippen molar-refractivity contribution < 1.29 is 19.4 Å². The molecule has 0 saturated heterocycles. The van der Waals surface area contributed by atoms with E-state index in [2.05, 4.69) is 27.2 Å². The number of aromatic amines is 1. The van der Waals surface area contributed by atoms with Gasteiger partial charge in [-0.3, -0.25) is 9.36 Å². The Morgan fingerprint density at radius 3 is 2.83 bits per heavy atom. The molecule has 1 aromatic carbocycles. The summed E-state index contributed by atoms with van der Waals surface area (Å²) >= 11 is 0. The molecule has 0 fully saturated rings. The first-order valence-corrected chi connectivity index (χ1v) is 9.76. The lowest BCUT2D eigenvalue weighted by Crippen LogP contribution is -2.21. The van der Waals surface area contributed by atoms with Crippen molar-refractivity contribution in [1.82, 2.24) is 19.5 Å². The molecule has 3 rings (SSSR count). The minimum absolute atomic E-state index is 0.0797. The standard InChI is InChI=1S/C20H25N5O5/c1-3-4-9-30-19-23-17(21-2)16-18(24-19)25(20(28)22-16)8-10-29-14-7-5-6-13(11-14)12-15(26)27/h5-7,11H,3-4,8-10,12H2,1-2H3,(H,22,28)(H,26,27)(H,21,23,24). The monoisotopic (exact) mass is 415 g/mol. The first-order valence-electron chi connectivity index (χ1n) is 9.76. The fraction of sp³-hybridized carbons (Fsp3) is 0.400. The van der Waals surface area contributed by atoms with Gasteiger partial charge < -0.3 is 24.9 Å². The number of hydrogen-bond donors (Lipinski definition) is 3. The van der Waals surface area contributed by atoms with Gasteiger partial charge in [0.1, 0.15) is 17.9 Å². The Bertz CT molecular complexity index is 1080. The zero-order chi connectivity index (χ0) is 21.5. The van der Waals surface area contributed by atoms with Crippen molar-refractivity contribution in [3.05, 3.63) is 40.3 Å². The molecule has 30 heavy (non-hydrogen) atoms. The fourth-order valence-corrected chi connectivity index (χ4v) is 2.95. The van der Waals surface area contributed by atoms with Gasteiger partial charge in [-0.25, -0.2) is 4.79 Å². The van der Waals surface area contributed by atoms with Crippen molar-refractivity contribution in [2.45, 2.75) is 32.7 Å². The van der Waals surface area contributed by atoms with E-state index in [1.807, 2.05) is 0 Å². The molecule has 0 aliphatic carbocycles. The summed E-state index contributed by atoms with van der Waals surface area (Å²) in [6, 6.07) is 7.08. The molecular formula is C20H25N5O5. The third-order valence-electron chi connectivity index (χ3n) is 4.41. The second-order valence-corrected chi connectivity index (χ2v) is 6.65. The predicted molar refractivity (Wildman–Crippen MR) is 111 cm³/mol. The van der Waals surface area contributed by atoms with Crippen LogP contribution in [0.1, 0.15) is 25.3 Å². The van der Waals surface area contributed by atoms with Gasteiger partial charge in [-0.15, -0.1) is 0 Å². The van der Waals surface area contributed by atoms with Crippen LogP contribution in [0.4, 0.5) is 5.82 Å². The molecule has 0 unspecified atom stereocenters. The maximum Gasteiger partial charge on any atom is 0.327 e. The average Bonchev–Trinajstić information content (AvgIpc) is 3.03. The first-order chi connectivity index (χ1) is 14.5. The van der Waals surface area contributed by atoms with Gasteiger partial charge >= 0.3 is 17.7 Å². The molecule has 0 radical (unpaired) electrons. The van der Waals surface area contributed by atoms with Gasteiger partial charge in [0.15, 0.2) is 11.5 Å². The zero-order valence-electron chi connectivity index (χ0n) is 17.0. The SMILES string of the molecule is CCCCOc1nc(NC)c2[nH]c(=O)n(CCOc3cccc(CC(=O)O)c3)c2n1. The van der Waals surface area contributed by atoms with Gasteiger partial charge in [0.2, 0.25) is 0 Å². The average molecular weight is 415 g/mol. The summed E-state index contributed by atoms with van der Waals surface area (Å²) < 4.78 is 12.8. The summed E-state index contributed by atoms with van der Waals surface area (Å²) in [6.07, 6.45) is 1.79. The lowest BCUT2D eigenvalue weighted by molar-refractivity contribution is -0.136. The van der Waals surface area contributed by atoms with Gasteiger partial charge in [0.25, 0.3) is 0 Å². The van der Waals surface area contributed by atoms with Crippen molar-refractivity contribution in [3.8, 4) is 11.8 Å². The number of fused-ring (bicyclic) bond motifs is 1. The van der Waals surface area contributed by atoms with E-state index in [0.29, 0.717) is 34.9 Å². The Hall–Kier alpha value is -3.56. The normalized spacial score (nSPS) is 10.9. The highest BCUT2D eigenvalue weighted by Gasteiger charge is 2.15. The smallest absolute Gasteiger partial charge is 0.327 e. The van der Waals surface area contributed by atoms with Crippen molar-refractivity contribution in [3.63, 3.8) is 0 Å². The number of nitrogens with one attached hydrogen (secondary N) is 2. The summed E-state index contributed by atoms with van der Waals surface area (Å²) in [5.74, 6) is 0.106. The molecular weight excluding hydrogens is 390 g/mol. The topological polar surface area (TPSA) is 131 Å². The third-order valence-corrected chi connectivity index (χ3v) is 4.41. The molecule has 10 heteroatoms. The van der Waals surface area contributed by atoms with Crippen LogP contribution in [0.2, 0.25) is 0 Å². The summed E-state index contributed by atoms with van der Waals surface area (Å²) in [4.78, 5) is 34.8. The Kier molecular flexibility index (Phi) is 6.89. The number of aromatic nitrogens is 4. The molecule has 2 aromatic heterocycles. The van der Waals surface area contributed by atoms with Crippen LogP contribution >= 0.6 is 0 Å². The van der Waals surface area contributed by atoms with Crippen molar-refractivity contribution in [1.29, 1.82) is 0 Å². The molecule has 0 amide bonds. The predicted octanol–water partition coefficient (Wildman–Crippen LogP) is 2.05. The Morgan fingerprint density at radius 2 is 2.10 bits per heavy atom. The van der Waals surface area contributed by atoms with Crippen LogP contribution in [-0.2, 0) is 17.8 Å². The van der Waals surface area contributed by atoms with E-state index in [1.165, 1.54) is 4.57 Å². The molecule has 0 saturated carbocycles. The highest BCUT2D eigenvalue weighted by atomic mass is 16.5. The summed E-state index contributed by atoms with van der Waals surface area (Å²) in [7, 11) is 1.71. The molecule has 0 bridgehead atoms. The van der Waals surface area contributed by atoms with Gasteiger partial charge in [-0.05, 0) is 24.1 Å². The number of benzene rings is 1. The number of unbranched alkanes of at least 4 members (excludes halogenated alkanes) is 1. The maximum absolute atomic E-state index is 12.4. The van der Waals surface area contributed by atoms with Crippen molar-refractivity contribution in [2.24, 2.45) is 0 Å². The minimum atomic E-state index is -0.908. The number of carboxylic acids is 1. The van der Waals surface area contributed by atoms with Crippen LogP contribution in [0.15, 0.2) is 29.1 Å². The van der Waals surface area contributed by atoms with E-state index < -0.39 is 5.97 Å². The summed E-state index contributed by atoms with van der Waals surface area (Å²) in [5, 5.41) is 11.9. The third kappa shape index (κ3) is 5.07. The number of hydrogen-bond acceptors (Lipinski definition) is 7. The van der Waals surface area contributed by atoms with E-state index in [4.69, 9.17) is 14.6 Å². The lowest BCUT2D eigenvalue weighted by Gasteiger charge is -2.09. The quantitative estimate of drug-likeness (QED) is 0.406. The second-order valence-electron chi connectivity index (χ2n) is 6.65. The first kappa shape index (κ1) is 21.2. The molecule has 2 heterocycles. The number of carbonyl (C=O) groups is 1. The van der Waals surface area contributed by atoms with E-state index in [0.717, 1.165) is 12.8 Å². The highest BCUT2D eigenvalue weighted by molar-refractivity contribution is 5.83. The van der Waals surface area contributed by atoms with E-state index >= 15 is 0 Å². The van der Waals surface area contributed by atoms with Gasteiger partial charge in [-0.2, -0.15) is 9.97 Å². The minimum Gasteiger partial charge on any atom is -0.492 e. The Morgan fingerprint density at radius 1 is 1.27 bits per heavy atom. The molecule has 0 aliphatic heterocycles. The van der Waals surface area contributed by atoms with E-state index in [9.17, 15) is 9.59 Å². The molecule has 0 spiro atoms. The number of anilines is 1. The number of H-pyrrole nitrogens is 1. The largest absolute Gasteiger partial charge is 0.492 e. The van der Waals surface area contributed by atoms with Crippen LogP contribution in [0, 0.1) is 0 Å². The van der Waals surface area contributed by atoms with Crippen LogP contribution in [0.25, 0.3) is 11.2 Å². The van der Waals surface area contributed by atoms with E-state index in [-0.39, 0.29) is 31.3 Å². The second kappa shape index (κ2) is 9.77. The molecule has 0 atom stereocenters. The summed E-state index contributed by atoms with van der Waals surface area (Å²) in [6.45, 7) is 3.01. The highest BCUT2D eigenvalue weighted by Crippen LogP contribution is 2.20. The molecule has 10 nitrogen and oxygen atoms in total. The Labute approximate surface area is 172 Å². The van der Waals surface area contributed by atoms with Crippen LogP contribution < -0.4 is 20.5 Å². The lowest BCUT2D eigenvalue weighted by atomic mass is 10.1. The van der Waals surface area contributed by atoms with Gasteiger partial charge in [0, 0.05) is 7.05 Å². The van der Waals surface area contributed by atoms with Gasteiger partial charge in [-0.1, -0.05) is 25.5 Å². The van der Waals surface area contributed by atoms with Crippen molar-refractivity contribution in [2.75, 3.05) is 25.6 Å². The number of imidazole rings is 1. The number of ether oxygens (including phenoxy) is 2. The number of carboxylic acid groups (broad SMARTS) is 1.